The van der Waals surface area contributed by atoms with E-state index in [2.05, 4.69) is 45.1 Å². The average Bonchev–Trinajstić information content (AvgIpc) is 2.53. The number of aryl methyl sites for hydroxylation is 1. The van der Waals surface area contributed by atoms with Crippen LogP contribution in [0.4, 0.5) is 11.6 Å². The molecule has 2 aromatic rings. The lowest BCUT2D eigenvalue weighted by atomic mass is 9.96. The topological polar surface area (TPSA) is 66.9 Å². The molecule has 1 aromatic carbocycles. The molecule has 0 aliphatic heterocycles. The van der Waals surface area contributed by atoms with E-state index in [-0.39, 0.29) is 5.91 Å². The molecular weight excluding hydrogens is 288 g/mol. The molecule has 0 saturated carbocycles. The van der Waals surface area contributed by atoms with Crippen LogP contribution in [-0.4, -0.2) is 22.6 Å². The molecule has 0 radical (unpaired) electrons. The molecule has 0 saturated heterocycles. The van der Waals surface area contributed by atoms with Crippen molar-refractivity contribution >= 4 is 17.5 Å². The Morgan fingerprint density at radius 2 is 1.65 bits per heavy atom. The Kier molecular flexibility index (Phi) is 5.68. The molecule has 122 valence electrons. The highest BCUT2D eigenvalue weighted by molar-refractivity contribution is 5.93. The van der Waals surface area contributed by atoms with Crippen LogP contribution in [0, 0.1) is 5.41 Å². The number of hydrogen-bond donors (Lipinski definition) is 2. The number of aromatic nitrogens is 2. The minimum Gasteiger partial charge on any atom is -0.369 e. The summed E-state index contributed by atoms with van der Waals surface area (Å²) < 4.78 is 0. The molecule has 0 spiro atoms. The third-order valence-electron chi connectivity index (χ3n) is 3.38. The summed E-state index contributed by atoms with van der Waals surface area (Å²) in [4.78, 5) is 11.9. The van der Waals surface area contributed by atoms with Crippen molar-refractivity contribution in [2.45, 2.75) is 33.6 Å². The lowest BCUT2D eigenvalue weighted by Gasteiger charge is -2.16. The Bertz CT molecular complexity index is 618. The van der Waals surface area contributed by atoms with Gasteiger partial charge in [-0.1, -0.05) is 51.1 Å². The van der Waals surface area contributed by atoms with Crippen LogP contribution in [-0.2, 0) is 11.2 Å². The largest absolute Gasteiger partial charge is 0.369 e. The fraction of sp³-hybridized carbons (Fsp3) is 0.389. The first-order valence-electron chi connectivity index (χ1n) is 7.88. The molecule has 5 nitrogen and oxygen atoms in total. The zero-order chi connectivity index (χ0) is 16.7. The molecule has 0 unspecified atom stereocenters. The maximum Gasteiger partial charge on any atom is 0.230 e. The van der Waals surface area contributed by atoms with Gasteiger partial charge in [0, 0.05) is 12.0 Å². The van der Waals surface area contributed by atoms with Crippen molar-refractivity contribution in [2.24, 2.45) is 5.41 Å². The minimum atomic E-state index is -0.448. The minimum absolute atomic E-state index is 0.0737. The monoisotopic (exact) mass is 312 g/mol. The van der Waals surface area contributed by atoms with E-state index in [9.17, 15) is 4.79 Å². The zero-order valence-corrected chi connectivity index (χ0v) is 14.0. The molecule has 1 heterocycles. The van der Waals surface area contributed by atoms with E-state index in [0.717, 1.165) is 19.4 Å². The number of nitrogens with zero attached hydrogens (tertiary/aromatic N) is 2. The van der Waals surface area contributed by atoms with Gasteiger partial charge in [0.25, 0.3) is 0 Å². The van der Waals surface area contributed by atoms with Gasteiger partial charge in [0.1, 0.15) is 5.82 Å². The van der Waals surface area contributed by atoms with Gasteiger partial charge in [-0.2, -0.15) is 0 Å². The third-order valence-corrected chi connectivity index (χ3v) is 3.38. The lowest BCUT2D eigenvalue weighted by molar-refractivity contribution is -0.123. The van der Waals surface area contributed by atoms with Crippen LogP contribution >= 0.6 is 0 Å². The van der Waals surface area contributed by atoms with Gasteiger partial charge >= 0.3 is 0 Å². The van der Waals surface area contributed by atoms with Crippen molar-refractivity contribution in [3.8, 4) is 0 Å². The highest BCUT2D eigenvalue weighted by Gasteiger charge is 2.21. The van der Waals surface area contributed by atoms with E-state index >= 15 is 0 Å². The van der Waals surface area contributed by atoms with Crippen molar-refractivity contribution in [2.75, 3.05) is 17.2 Å². The number of carbonyl (C=O) groups excluding carboxylic acids is 1. The van der Waals surface area contributed by atoms with Crippen LogP contribution in [0.1, 0.15) is 32.8 Å². The van der Waals surface area contributed by atoms with Gasteiger partial charge in [-0.3, -0.25) is 4.79 Å². The smallest absolute Gasteiger partial charge is 0.230 e. The third kappa shape index (κ3) is 5.70. The molecule has 0 bridgehead atoms. The zero-order valence-electron chi connectivity index (χ0n) is 14.0. The summed E-state index contributed by atoms with van der Waals surface area (Å²) in [6.45, 7) is 6.41. The molecule has 1 aromatic heterocycles. The highest BCUT2D eigenvalue weighted by Crippen LogP contribution is 2.16. The molecule has 1 amide bonds. The Labute approximate surface area is 137 Å². The number of rotatable bonds is 6. The van der Waals surface area contributed by atoms with E-state index in [1.807, 2.05) is 32.9 Å². The van der Waals surface area contributed by atoms with Crippen LogP contribution in [0.25, 0.3) is 0 Å². The second-order valence-corrected chi connectivity index (χ2v) is 6.52. The molecule has 23 heavy (non-hydrogen) atoms. The van der Waals surface area contributed by atoms with Crippen molar-refractivity contribution in [3.05, 3.63) is 48.0 Å². The Hall–Kier alpha value is -2.43. The van der Waals surface area contributed by atoms with Crippen molar-refractivity contribution in [3.63, 3.8) is 0 Å². The quantitative estimate of drug-likeness (QED) is 0.801. The Morgan fingerprint density at radius 3 is 2.26 bits per heavy atom. The molecule has 5 heteroatoms. The predicted molar refractivity (Wildman–Crippen MR) is 93.4 cm³/mol. The first-order valence-corrected chi connectivity index (χ1v) is 7.88. The van der Waals surface area contributed by atoms with Gasteiger partial charge in [-0.25, -0.2) is 0 Å². The fourth-order valence-electron chi connectivity index (χ4n) is 1.95. The maximum atomic E-state index is 11.9. The van der Waals surface area contributed by atoms with Gasteiger partial charge in [0.15, 0.2) is 5.82 Å². The number of hydrogen-bond acceptors (Lipinski definition) is 4. The first-order chi connectivity index (χ1) is 10.9. The standard InChI is InChI=1S/C18H24N4O/c1-18(2,3)17(23)20-16-12-11-15(21-22-16)19-13-7-10-14-8-5-4-6-9-14/h4-6,8-9,11-12H,7,10,13H2,1-3H3,(H,19,21)(H,20,22,23). The van der Waals surface area contributed by atoms with E-state index in [0.29, 0.717) is 11.6 Å². The Balaban J connectivity index is 1.76. The summed E-state index contributed by atoms with van der Waals surface area (Å²) in [7, 11) is 0. The van der Waals surface area contributed by atoms with Crippen LogP contribution in [0.15, 0.2) is 42.5 Å². The summed E-state index contributed by atoms with van der Waals surface area (Å²) in [5.41, 5.74) is 0.886. The van der Waals surface area contributed by atoms with Gasteiger partial charge in [-0.15, -0.1) is 10.2 Å². The van der Waals surface area contributed by atoms with Gasteiger partial charge < -0.3 is 10.6 Å². The predicted octanol–water partition coefficient (Wildman–Crippen LogP) is 3.51. The summed E-state index contributed by atoms with van der Waals surface area (Å²) in [6.07, 6.45) is 2.05. The van der Waals surface area contributed by atoms with E-state index in [4.69, 9.17) is 0 Å². The lowest BCUT2D eigenvalue weighted by Crippen LogP contribution is -2.28. The van der Waals surface area contributed by atoms with Gasteiger partial charge in [-0.05, 0) is 30.5 Å². The molecule has 0 atom stereocenters. The summed E-state index contributed by atoms with van der Waals surface area (Å²) in [6, 6.07) is 14.0. The fourth-order valence-corrected chi connectivity index (χ4v) is 1.95. The number of anilines is 2. The van der Waals surface area contributed by atoms with Crippen molar-refractivity contribution < 1.29 is 4.79 Å². The van der Waals surface area contributed by atoms with E-state index in [1.54, 1.807) is 6.07 Å². The average molecular weight is 312 g/mol. The highest BCUT2D eigenvalue weighted by atomic mass is 16.2. The second kappa shape index (κ2) is 7.72. The summed E-state index contributed by atoms with van der Waals surface area (Å²) in [5.74, 6) is 1.11. The molecule has 2 rings (SSSR count). The van der Waals surface area contributed by atoms with Gasteiger partial charge in [0.2, 0.25) is 5.91 Å². The summed E-state index contributed by atoms with van der Waals surface area (Å²) in [5, 5.41) is 14.1. The normalized spacial score (nSPS) is 11.1. The first kappa shape index (κ1) is 16.9. The molecule has 0 aliphatic rings. The maximum absolute atomic E-state index is 11.9. The number of carbonyl (C=O) groups is 1. The molecule has 0 fully saturated rings. The summed E-state index contributed by atoms with van der Waals surface area (Å²) >= 11 is 0. The van der Waals surface area contributed by atoms with Crippen LogP contribution in [0.5, 0.6) is 0 Å². The van der Waals surface area contributed by atoms with Crippen LogP contribution < -0.4 is 10.6 Å². The van der Waals surface area contributed by atoms with E-state index < -0.39 is 5.41 Å². The van der Waals surface area contributed by atoms with Crippen molar-refractivity contribution in [1.29, 1.82) is 0 Å². The van der Waals surface area contributed by atoms with E-state index in [1.165, 1.54) is 5.56 Å². The molecule has 0 aliphatic carbocycles. The number of benzene rings is 1. The van der Waals surface area contributed by atoms with Gasteiger partial charge in [0.05, 0.1) is 0 Å². The van der Waals surface area contributed by atoms with Crippen molar-refractivity contribution in [1.82, 2.24) is 10.2 Å². The Morgan fingerprint density at radius 1 is 1.00 bits per heavy atom. The molecular formula is C18H24N4O. The van der Waals surface area contributed by atoms with Crippen LogP contribution in [0.2, 0.25) is 0 Å². The second-order valence-electron chi connectivity index (χ2n) is 6.52. The SMILES string of the molecule is CC(C)(C)C(=O)Nc1ccc(NCCCc2ccccc2)nn1. The number of amides is 1. The van der Waals surface area contributed by atoms with Crippen LogP contribution in [0.3, 0.4) is 0 Å². The molecule has 2 N–H and O–H groups in total. The number of nitrogens with one attached hydrogen (secondary N) is 2.